The fraction of sp³-hybridized carbons (Fsp3) is 0.729. The van der Waals surface area contributed by atoms with Crippen molar-refractivity contribution in [1.29, 1.82) is 0 Å². The average molecular weight is 847 g/mol. The molecule has 0 saturated heterocycles. The number of rotatable bonds is 41. The van der Waals surface area contributed by atoms with Gasteiger partial charge in [0, 0.05) is 6.42 Å². The van der Waals surface area contributed by atoms with Gasteiger partial charge in [0.15, 0.2) is 0 Å². The van der Waals surface area contributed by atoms with Crippen molar-refractivity contribution in [3.63, 3.8) is 0 Å². The van der Waals surface area contributed by atoms with Crippen LogP contribution in [0.15, 0.2) is 60.7 Å². The van der Waals surface area contributed by atoms with Crippen molar-refractivity contribution in [3.8, 4) is 0 Å². The summed E-state index contributed by atoms with van der Waals surface area (Å²) in [5, 5.41) is 2.48. The lowest BCUT2D eigenvalue weighted by molar-refractivity contribution is -0.145. The molecule has 0 saturated carbocycles. The molecule has 0 aliphatic rings. The Bertz CT molecular complexity index is 1170. The standard InChI is InChI=1S/C48H82O10Si/c1-5-6-7-8-9-10-11-12-13-14-15-16-23-28-47(49)57-43-41-55-39-37-53-35-33-51-31-29-50-30-32-52-34-36-54-38-40-56-42-44-58-59(48(2,3)4,45-24-19-17-20-25-45)46-26-21-18-22-27-46/h17-22,24-27H,5-16,23,28-44H2,1-4H3. The van der Waals surface area contributed by atoms with Gasteiger partial charge in [0.25, 0.3) is 8.32 Å². The smallest absolute Gasteiger partial charge is 0.305 e. The van der Waals surface area contributed by atoms with E-state index in [1.807, 2.05) is 0 Å². The highest BCUT2D eigenvalue weighted by atomic mass is 28.4. The highest BCUT2D eigenvalue weighted by Gasteiger charge is 2.50. The first-order chi connectivity index (χ1) is 28.9. The molecule has 0 amide bonds. The van der Waals surface area contributed by atoms with Gasteiger partial charge in [0.2, 0.25) is 0 Å². The van der Waals surface area contributed by atoms with E-state index >= 15 is 0 Å². The molecule has 0 radical (unpaired) electrons. The zero-order valence-electron chi connectivity index (χ0n) is 37.6. The van der Waals surface area contributed by atoms with Gasteiger partial charge < -0.3 is 42.3 Å². The Hall–Kier alpha value is -2.19. The van der Waals surface area contributed by atoms with Crippen molar-refractivity contribution in [2.45, 2.75) is 123 Å². The van der Waals surface area contributed by atoms with Crippen molar-refractivity contribution in [3.05, 3.63) is 60.7 Å². The molecule has 0 aliphatic heterocycles. The Labute approximate surface area is 359 Å². The van der Waals surface area contributed by atoms with Gasteiger partial charge in [0.05, 0.1) is 99.1 Å². The topological polar surface area (TPSA) is 100 Å². The van der Waals surface area contributed by atoms with Gasteiger partial charge in [-0.25, -0.2) is 0 Å². The predicted molar refractivity (Wildman–Crippen MR) is 241 cm³/mol. The molecule has 2 aromatic carbocycles. The number of benzene rings is 2. The monoisotopic (exact) mass is 847 g/mol. The van der Waals surface area contributed by atoms with Gasteiger partial charge in [-0.2, -0.15) is 0 Å². The third-order valence-electron chi connectivity index (χ3n) is 10.2. The van der Waals surface area contributed by atoms with E-state index in [-0.39, 0.29) is 17.6 Å². The van der Waals surface area contributed by atoms with E-state index in [0.29, 0.717) is 106 Å². The summed E-state index contributed by atoms with van der Waals surface area (Å²) in [6.45, 7) is 16.7. The first-order valence-corrected chi connectivity index (χ1v) is 24.8. The first-order valence-electron chi connectivity index (χ1n) is 22.9. The molecule has 11 heteroatoms. The molecule has 2 rings (SSSR count). The number of carbonyl (C=O) groups is 1. The molecular weight excluding hydrogens is 765 g/mol. The minimum atomic E-state index is -2.54. The SMILES string of the molecule is CCCCCCCCCCCCCCCC(=O)OCCOCCOCCOCCOCCOCCOCCOCCO[Si](c1ccccc1)(c1ccccc1)C(C)(C)C. The maximum Gasteiger partial charge on any atom is 0.305 e. The zero-order chi connectivity index (χ0) is 42.4. The molecule has 0 aliphatic carbocycles. The number of unbranched alkanes of at least 4 members (excludes halogenated alkanes) is 12. The molecule has 2 aromatic rings. The maximum atomic E-state index is 11.9. The number of hydrogen-bond donors (Lipinski definition) is 0. The Balaban J connectivity index is 1.28. The Morgan fingerprint density at radius 1 is 0.424 bits per heavy atom. The van der Waals surface area contributed by atoms with Crippen LogP contribution in [-0.4, -0.2) is 120 Å². The number of hydrogen-bond acceptors (Lipinski definition) is 10. The summed E-state index contributed by atoms with van der Waals surface area (Å²) in [5.74, 6) is -0.130. The summed E-state index contributed by atoms with van der Waals surface area (Å²) in [7, 11) is -2.54. The average Bonchev–Trinajstić information content (AvgIpc) is 3.24. The Kier molecular flexibility index (Phi) is 32.7. The summed E-state index contributed by atoms with van der Waals surface area (Å²) in [5.41, 5.74) is 0. The minimum absolute atomic E-state index is 0.0578. The van der Waals surface area contributed by atoms with Crippen LogP contribution in [0.4, 0.5) is 0 Å². The maximum absolute atomic E-state index is 11.9. The fourth-order valence-electron chi connectivity index (χ4n) is 7.01. The van der Waals surface area contributed by atoms with E-state index in [1.54, 1.807) is 0 Å². The molecule has 338 valence electrons. The van der Waals surface area contributed by atoms with Crippen LogP contribution in [0.2, 0.25) is 5.04 Å². The molecule has 0 bridgehead atoms. The van der Waals surface area contributed by atoms with Crippen LogP contribution in [0.25, 0.3) is 0 Å². The molecule has 0 N–H and O–H groups in total. The molecule has 0 aromatic heterocycles. The normalized spacial score (nSPS) is 12.0. The van der Waals surface area contributed by atoms with Crippen LogP contribution in [0.1, 0.15) is 118 Å². The fourth-order valence-corrected chi connectivity index (χ4v) is 11.6. The Morgan fingerprint density at radius 2 is 0.729 bits per heavy atom. The van der Waals surface area contributed by atoms with Crippen molar-refractivity contribution >= 4 is 24.7 Å². The van der Waals surface area contributed by atoms with E-state index in [4.69, 9.17) is 42.3 Å². The highest BCUT2D eigenvalue weighted by Crippen LogP contribution is 2.36. The van der Waals surface area contributed by atoms with Gasteiger partial charge in [-0.1, -0.05) is 165 Å². The van der Waals surface area contributed by atoms with Gasteiger partial charge in [-0.15, -0.1) is 0 Å². The molecule has 0 heterocycles. The second kappa shape index (κ2) is 36.5. The second-order valence-corrected chi connectivity index (χ2v) is 20.3. The van der Waals surface area contributed by atoms with Crippen LogP contribution in [0, 0.1) is 0 Å². The predicted octanol–water partition coefficient (Wildman–Crippen LogP) is 8.70. The molecule has 0 atom stereocenters. The summed E-state index contributed by atoms with van der Waals surface area (Å²) in [6.07, 6.45) is 17.3. The van der Waals surface area contributed by atoms with Crippen LogP contribution in [0.5, 0.6) is 0 Å². The largest absolute Gasteiger partial charge is 0.463 e. The van der Waals surface area contributed by atoms with Crippen LogP contribution < -0.4 is 10.4 Å². The lowest BCUT2D eigenvalue weighted by atomic mass is 10.0. The third-order valence-corrected chi connectivity index (χ3v) is 15.2. The van der Waals surface area contributed by atoms with Crippen molar-refractivity contribution in [1.82, 2.24) is 0 Å². The highest BCUT2D eigenvalue weighted by molar-refractivity contribution is 6.99. The lowest BCUT2D eigenvalue weighted by Gasteiger charge is -2.43. The zero-order valence-corrected chi connectivity index (χ0v) is 38.6. The summed E-state index contributed by atoms with van der Waals surface area (Å²) in [6, 6.07) is 21.3. The van der Waals surface area contributed by atoms with Crippen LogP contribution in [0.3, 0.4) is 0 Å². The Morgan fingerprint density at radius 3 is 1.07 bits per heavy atom. The molecule has 0 unspecified atom stereocenters. The van der Waals surface area contributed by atoms with E-state index in [1.165, 1.54) is 81.0 Å². The molecular formula is C48H82O10Si. The molecule has 0 spiro atoms. The van der Waals surface area contributed by atoms with E-state index in [2.05, 4.69) is 88.4 Å². The summed E-state index contributed by atoms with van der Waals surface area (Å²) in [4.78, 5) is 11.9. The number of esters is 1. The molecule has 59 heavy (non-hydrogen) atoms. The van der Waals surface area contributed by atoms with Crippen molar-refractivity contribution in [2.75, 3.05) is 106 Å². The summed E-state index contributed by atoms with van der Waals surface area (Å²) < 4.78 is 51.4. The minimum Gasteiger partial charge on any atom is -0.463 e. The quantitative estimate of drug-likeness (QED) is 0.0367. The van der Waals surface area contributed by atoms with Gasteiger partial charge >= 0.3 is 5.97 Å². The van der Waals surface area contributed by atoms with Crippen molar-refractivity contribution < 1.29 is 47.1 Å². The third kappa shape index (κ3) is 26.0. The van der Waals surface area contributed by atoms with Gasteiger partial charge in [0.1, 0.15) is 6.61 Å². The van der Waals surface area contributed by atoms with Crippen LogP contribution in [-0.2, 0) is 47.1 Å². The first kappa shape index (κ1) is 52.9. The molecule has 0 fully saturated rings. The van der Waals surface area contributed by atoms with E-state index in [0.717, 1.165) is 12.8 Å². The van der Waals surface area contributed by atoms with Crippen LogP contribution >= 0.6 is 0 Å². The van der Waals surface area contributed by atoms with E-state index in [9.17, 15) is 4.79 Å². The van der Waals surface area contributed by atoms with Gasteiger partial charge in [-0.3, -0.25) is 4.79 Å². The van der Waals surface area contributed by atoms with E-state index < -0.39 is 8.32 Å². The lowest BCUT2D eigenvalue weighted by Crippen LogP contribution is -2.66. The number of ether oxygens (including phenoxy) is 8. The van der Waals surface area contributed by atoms with Crippen molar-refractivity contribution in [2.24, 2.45) is 0 Å². The molecule has 10 nitrogen and oxygen atoms in total. The van der Waals surface area contributed by atoms with Gasteiger partial charge in [-0.05, 0) is 21.8 Å². The number of carbonyl (C=O) groups excluding carboxylic acids is 1. The second-order valence-electron chi connectivity index (χ2n) is 16.0. The summed E-state index contributed by atoms with van der Waals surface area (Å²) >= 11 is 0.